The van der Waals surface area contributed by atoms with Gasteiger partial charge in [0, 0.05) is 11.4 Å². The first-order valence-electron chi connectivity index (χ1n) is 4.62. The number of hydrogen-bond acceptors (Lipinski definition) is 2. The Morgan fingerprint density at radius 3 is 2.50 bits per heavy atom. The van der Waals surface area contributed by atoms with E-state index in [-0.39, 0.29) is 11.8 Å². The van der Waals surface area contributed by atoms with Gasteiger partial charge >= 0.3 is 0 Å². The molecular formula is C11H14ClNO. The molecule has 14 heavy (non-hydrogen) atoms. The number of nitrogens with two attached hydrogens (primary N) is 1. The molecule has 3 heteroatoms. The van der Waals surface area contributed by atoms with Gasteiger partial charge in [0.15, 0.2) is 0 Å². The molecule has 0 spiro atoms. The number of ketones is 1. The van der Waals surface area contributed by atoms with Gasteiger partial charge in [-0.25, -0.2) is 0 Å². The van der Waals surface area contributed by atoms with E-state index in [0.717, 1.165) is 12.0 Å². The minimum Gasteiger partial charge on any atom is -0.322 e. The Kier molecular flexibility index (Phi) is 4.11. The molecule has 76 valence electrons. The van der Waals surface area contributed by atoms with Gasteiger partial charge in [0.1, 0.15) is 5.78 Å². The maximum Gasteiger partial charge on any atom is 0.149 e. The van der Waals surface area contributed by atoms with Crippen LogP contribution in [0.25, 0.3) is 0 Å². The molecule has 2 N–H and O–H groups in total. The highest BCUT2D eigenvalue weighted by atomic mass is 35.5. The maximum absolute atomic E-state index is 11.2. The number of Topliss-reactive ketones (excluding diaryl/α,β-unsaturated/α-hetero) is 1. The number of carbonyl (C=O) groups is 1. The number of halogens is 1. The summed E-state index contributed by atoms with van der Waals surface area (Å²) in [4.78, 5) is 11.2. The molecule has 1 rings (SSSR count). The first-order valence-corrected chi connectivity index (χ1v) is 5.00. The lowest BCUT2D eigenvalue weighted by Gasteiger charge is -2.04. The summed E-state index contributed by atoms with van der Waals surface area (Å²) in [6, 6.07) is 7.15. The van der Waals surface area contributed by atoms with Gasteiger partial charge in [-0.05, 0) is 31.0 Å². The summed E-state index contributed by atoms with van der Waals surface area (Å²) in [6.07, 6.45) is 1.23. The lowest BCUT2D eigenvalue weighted by Crippen LogP contribution is -2.26. The van der Waals surface area contributed by atoms with Gasteiger partial charge in [0.2, 0.25) is 0 Å². The van der Waals surface area contributed by atoms with Crippen molar-refractivity contribution in [1.29, 1.82) is 0 Å². The average Bonchev–Trinajstić information content (AvgIpc) is 2.16. The van der Waals surface area contributed by atoms with Crippen LogP contribution in [-0.2, 0) is 11.2 Å². The number of aryl methyl sites for hydroxylation is 1. The summed E-state index contributed by atoms with van der Waals surface area (Å²) in [7, 11) is 0. The molecule has 0 saturated carbocycles. The van der Waals surface area contributed by atoms with Crippen molar-refractivity contribution in [3.05, 3.63) is 34.9 Å². The Bertz CT molecular complexity index is 306. The highest BCUT2D eigenvalue weighted by Gasteiger charge is 2.06. The number of carbonyl (C=O) groups excluding carboxylic acids is 1. The second-order valence-corrected chi connectivity index (χ2v) is 3.82. The van der Waals surface area contributed by atoms with Gasteiger partial charge in [-0.1, -0.05) is 23.7 Å². The van der Waals surface area contributed by atoms with Gasteiger partial charge in [-0.3, -0.25) is 4.79 Å². The first kappa shape index (κ1) is 11.2. The topological polar surface area (TPSA) is 43.1 Å². The van der Waals surface area contributed by atoms with Crippen molar-refractivity contribution in [1.82, 2.24) is 0 Å². The first-order chi connectivity index (χ1) is 6.59. The van der Waals surface area contributed by atoms with Crippen LogP contribution in [0.5, 0.6) is 0 Å². The average molecular weight is 212 g/mol. The largest absolute Gasteiger partial charge is 0.322 e. The summed E-state index contributed by atoms with van der Waals surface area (Å²) in [5.74, 6) is 0.0972. The third-order valence-electron chi connectivity index (χ3n) is 2.08. The summed E-state index contributed by atoms with van der Waals surface area (Å²) in [6.45, 7) is 1.71. The van der Waals surface area contributed by atoms with E-state index >= 15 is 0 Å². The Morgan fingerprint density at radius 1 is 1.43 bits per heavy atom. The second-order valence-electron chi connectivity index (χ2n) is 3.38. The molecule has 1 aromatic rings. The third-order valence-corrected chi connectivity index (χ3v) is 2.33. The van der Waals surface area contributed by atoms with Crippen LogP contribution in [0.15, 0.2) is 24.3 Å². The van der Waals surface area contributed by atoms with E-state index in [1.807, 2.05) is 24.3 Å². The van der Waals surface area contributed by atoms with Crippen LogP contribution in [-0.4, -0.2) is 11.8 Å². The Morgan fingerprint density at radius 2 is 2.00 bits per heavy atom. The van der Waals surface area contributed by atoms with Crippen LogP contribution in [0, 0.1) is 0 Å². The summed E-state index contributed by atoms with van der Waals surface area (Å²) in [5.41, 5.74) is 6.57. The highest BCUT2D eigenvalue weighted by molar-refractivity contribution is 6.30. The zero-order chi connectivity index (χ0) is 10.6. The van der Waals surface area contributed by atoms with E-state index in [1.54, 1.807) is 6.92 Å². The molecule has 1 aromatic carbocycles. The fraction of sp³-hybridized carbons (Fsp3) is 0.364. The fourth-order valence-corrected chi connectivity index (χ4v) is 1.27. The van der Waals surface area contributed by atoms with Crippen LogP contribution >= 0.6 is 11.6 Å². The van der Waals surface area contributed by atoms with Crippen LogP contribution in [0.2, 0.25) is 5.02 Å². The van der Waals surface area contributed by atoms with E-state index in [2.05, 4.69) is 0 Å². The molecular weight excluding hydrogens is 198 g/mol. The minimum atomic E-state index is -0.359. The van der Waals surface area contributed by atoms with Crippen LogP contribution in [0.3, 0.4) is 0 Å². The smallest absolute Gasteiger partial charge is 0.149 e. The van der Waals surface area contributed by atoms with Crippen molar-refractivity contribution >= 4 is 17.4 Å². The van der Waals surface area contributed by atoms with Crippen molar-refractivity contribution < 1.29 is 4.79 Å². The van der Waals surface area contributed by atoms with Gasteiger partial charge < -0.3 is 5.73 Å². The summed E-state index contributed by atoms with van der Waals surface area (Å²) in [5, 5.41) is 0.715. The molecule has 0 aromatic heterocycles. The van der Waals surface area contributed by atoms with Crippen LogP contribution in [0.4, 0.5) is 0 Å². The zero-order valence-corrected chi connectivity index (χ0v) is 8.92. The molecule has 2 nitrogen and oxygen atoms in total. The van der Waals surface area contributed by atoms with Crippen LogP contribution in [0.1, 0.15) is 18.9 Å². The molecule has 0 fully saturated rings. The lowest BCUT2D eigenvalue weighted by molar-refractivity contribution is -0.119. The molecule has 0 saturated heterocycles. The minimum absolute atomic E-state index is 0.0972. The quantitative estimate of drug-likeness (QED) is 0.830. The molecule has 0 aliphatic rings. The van der Waals surface area contributed by atoms with Gasteiger partial charge in [-0.2, -0.15) is 0 Å². The number of rotatable bonds is 4. The molecule has 0 bridgehead atoms. The Labute approximate surface area is 89.1 Å². The molecule has 1 unspecified atom stereocenters. The Balaban J connectivity index is 2.46. The van der Waals surface area contributed by atoms with Gasteiger partial charge in [0.25, 0.3) is 0 Å². The fourth-order valence-electron chi connectivity index (χ4n) is 1.15. The summed E-state index contributed by atoms with van der Waals surface area (Å²) >= 11 is 5.74. The monoisotopic (exact) mass is 211 g/mol. The SMILES string of the molecule is CC(N)C(=O)CCc1ccc(Cl)cc1. The second kappa shape index (κ2) is 5.13. The summed E-state index contributed by atoms with van der Waals surface area (Å²) < 4.78 is 0. The molecule has 0 radical (unpaired) electrons. The van der Waals surface area contributed by atoms with Crippen LogP contribution < -0.4 is 5.73 Å². The molecule has 0 amide bonds. The third kappa shape index (κ3) is 3.48. The van der Waals surface area contributed by atoms with E-state index in [9.17, 15) is 4.79 Å². The highest BCUT2D eigenvalue weighted by Crippen LogP contribution is 2.11. The predicted molar refractivity (Wildman–Crippen MR) is 58.4 cm³/mol. The van der Waals surface area contributed by atoms with Crippen molar-refractivity contribution in [3.8, 4) is 0 Å². The van der Waals surface area contributed by atoms with Crippen molar-refractivity contribution in [3.63, 3.8) is 0 Å². The van der Waals surface area contributed by atoms with Gasteiger partial charge in [0.05, 0.1) is 6.04 Å². The maximum atomic E-state index is 11.2. The lowest BCUT2D eigenvalue weighted by atomic mass is 10.0. The van der Waals surface area contributed by atoms with E-state index < -0.39 is 0 Å². The van der Waals surface area contributed by atoms with Crippen molar-refractivity contribution in [2.45, 2.75) is 25.8 Å². The van der Waals surface area contributed by atoms with E-state index in [1.165, 1.54) is 0 Å². The Hall–Kier alpha value is -0.860. The number of benzene rings is 1. The van der Waals surface area contributed by atoms with E-state index in [0.29, 0.717) is 11.4 Å². The zero-order valence-electron chi connectivity index (χ0n) is 8.16. The molecule has 1 atom stereocenters. The van der Waals surface area contributed by atoms with Crippen molar-refractivity contribution in [2.75, 3.05) is 0 Å². The molecule has 0 aliphatic heterocycles. The van der Waals surface area contributed by atoms with E-state index in [4.69, 9.17) is 17.3 Å². The normalized spacial score (nSPS) is 12.5. The van der Waals surface area contributed by atoms with Gasteiger partial charge in [-0.15, -0.1) is 0 Å². The van der Waals surface area contributed by atoms with Crippen molar-refractivity contribution in [2.24, 2.45) is 5.73 Å². The number of hydrogen-bond donors (Lipinski definition) is 1. The molecule has 0 aliphatic carbocycles. The molecule has 0 heterocycles. The predicted octanol–water partition coefficient (Wildman–Crippen LogP) is 2.19. The standard InChI is InChI=1S/C11H14ClNO/c1-8(13)11(14)7-4-9-2-5-10(12)6-3-9/h2-3,5-6,8H,4,7,13H2,1H3.